The van der Waals surface area contributed by atoms with Gasteiger partial charge >= 0.3 is 12.6 Å². The van der Waals surface area contributed by atoms with Gasteiger partial charge in [0, 0.05) is 5.69 Å². The normalized spacial score (nSPS) is 10.6. The molecule has 0 amide bonds. The monoisotopic (exact) mass is 300 g/mol. The van der Waals surface area contributed by atoms with Gasteiger partial charge in [0.05, 0.1) is 5.69 Å². The lowest BCUT2D eigenvalue weighted by atomic mass is 10.3. The zero-order valence-electron chi connectivity index (χ0n) is 10.3. The van der Waals surface area contributed by atoms with Crippen LogP contribution >= 0.6 is 11.3 Å². The van der Waals surface area contributed by atoms with Gasteiger partial charge in [0.1, 0.15) is 10.6 Å². The largest absolute Gasteiger partial charge is 0.477 e. The van der Waals surface area contributed by atoms with Crippen LogP contribution in [0.2, 0.25) is 0 Å². The number of aryl methyl sites for hydroxylation is 1. The van der Waals surface area contributed by atoms with Gasteiger partial charge in [-0.05, 0) is 31.2 Å². The van der Waals surface area contributed by atoms with Gasteiger partial charge in [0.2, 0.25) is 0 Å². The number of carboxylic acids is 1. The molecule has 5 nitrogen and oxygen atoms in total. The number of nitrogens with zero attached hydrogens (tertiary/aromatic N) is 1. The highest BCUT2D eigenvalue weighted by Crippen LogP contribution is 2.26. The fraction of sp³-hybridized carbons (Fsp3) is 0.167. The number of aromatic carboxylic acids is 1. The number of hydrogen-bond acceptors (Lipinski definition) is 5. The zero-order valence-corrected chi connectivity index (χ0v) is 11.1. The summed E-state index contributed by atoms with van der Waals surface area (Å²) in [6.07, 6.45) is 0. The van der Waals surface area contributed by atoms with E-state index in [1.54, 1.807) is 6.92 Å². The number of alkyl halides is 2. The standard InChI is InChI=1S/C12H10F2N2O3S/c1-6-9(10(17)18)20-12(15-6)16-7-2-4-8(5-3-7)19-11(13)14/h2-5,11H,1H3,(H,15,16)(H,17,18). The molecule has 2 N–H and O–H groups in total. The topological polar surface area (TPSA) is 71.5 Å². The van der Waals surface area contributed by atoms with Crippen LogP contribution < -0.4 is 10.1 Å². The predicted octanol–water partition coefficient (Wildman–Crippen LogP) is 3.49. The van der Waals surface area contributed by atoms with Crippen molar-refractivity contribution in [3.05, 3.63) is 34.8 Å². The molecule has 0 aliphatic heterocycles. The first-order chi connectivity index (χ1) is 9.45. The van der Waals surface area contributed by atoms with Crippen molar-refractivity contribution in [2.75, 3.05) is 5.32 Å². The summed E-state index contributed by atoms with van der Waals surface area (Å²) in [5.41, 5.74) is 1.01. The minimum Gasteiger partial charge on any atom is -0.477 e. The van der Waals surface area contributed by atoms with Gasteiger partial charge in [-0.1, -0.05) is 11.3 Å². The van der Waals surface area contributed by atoms with Crippen molar-refractivity contribution in [2.45, 2.75) is 13.5 Å². The fourth-order valence-electron chi connectivity index (χ4n) is 1.49. The molecule has 8 heteroatoms. The molecule has 0 saturated heterocycles. The summed E-state index contributed by atoms with van der Waals surface area (Å²) in [4.78, 5) is 15.1. The van der Waals surface area contributed by atoms with E-state index in [0.29, 0.717) is 16.5 Å². The van der Waals surface area contributed by atoms with Crippen molar-refractivity contribution in [1.29, 1.82) is 0 Å². The first-order valence-electron chi connectivity index (χ1n) is 5.48. The molecule has 106 valence electrons. The maximum atomic E-state index is 12.0. The molecule has 0 radical (unpaired) electrons. The Hall–Kier alpha value is -2.22. The lowest BCUT2D eigenvalue weighted by Crippen LogP contribution is -2.01. The number of aromatic nitrogens is 1. The summed E-state index contributed by atoms with van der Waals surface area (Å²) in [7, 11) is 0. The maximum absolute atomic E-state index is 12.0. The zero-order chi connectivity index (χ0) is 14.7. The molecule has 1 aromatic heterocycles. The number of carbonyl (C=O) groups is 1. The van der Waals surface area contributed by atoms with Crippen LogP contribution in [-0.2, 0) is 0 Å². The molecular weight excluding hydrogens is 290 g/mol. The summed E-state index contributed by atoms with van der Waals surface area (Å²) in [5, 5.41) is 12.2. The van der Waals surface area contributed by atoms with Gasteiger partial charge in [-0.25, -0.2) is 9.78 Å². The first-order valence-corrected chi connectivity index (χ1v) is 6.30. The maximum Gasteiger partial charge on any atom is 0.387 e. The number of benzene rings is 1. The number of halogens is 2. The second kappa shape index (κ2) is 5.83. The van der Waals surface area contributed by atoms with Gasteiger partial charge in [-0.3, -0.25) is 0 Å². The number of ether oxygens (including phenoxy) is 1. The van der Waals surface area contributed by atoms with E-state index in [9.17, 15) is 13.6 Å². The molecule has 2 aromatic rings. The van der Waals surface area contributed by atoms with Gasteiger partial charge < -0.3 is 15.2 Å². The second-order valence-corrected chi connectivity index (χ2v) is 4.77. The van der Waals surface area contributed by atoms with Crippen LogP contribution in [0.1, 0.15) is 15.4 Å². The number of carboxylic acid groups (broad SMARTS) is 1. The van der Waals surface area contributed by atoms with Crippen LogP contribution in [0.4, 0.5) is 19.6 Å². The third kappa shape index (κ3) is 3.41. The van der Waals surface area contributed by atoms with E-state index in [1.165, 1.54) is 24.3 Å². The third-order valence-corrected chi connectivity index (χ3v) is 3.38. The summed E-state index contributed by atoms with van der Waals surface area (Å²) in [6.45, 7) is -1.27. The Labute approximate surface area is 116 Å². The highest BCUT2D eigenvalue weighted by atomic mass is 32.1. The molecule has 0 saturated carbocycles. The molecule has 1 aromatic carbocycles. The van der Waals surface area contributed by atoms with Crippen molar-refractivity contribution >= 4 is 28.1 Å². The van der Waals surface area contributed by atoms with Crippen LogP contribution in [-0.4, -0.2) is 22.7 Å². The summed E-state index contributed by atoms with van der Waals surface area (Å²) in [5.74, 6) is -0.985. The molecule has 1 heterocycles. The lowest BCUT2D eigenvalue weighted by Gasteiger charge is -2.06. The van der Waals surface area contributed by atoms with Gasteiger partial charge in [0.25, 0.3) is 0 Å². The Morgan fingerprint density at radius 1 is 1.40 bits per heavy atom. The molecule has 0 fully saturated rings. The van der Waals surface area contributed by atoms with Gasteiger partial charge in [0.15, 0.2) is 5.13 Å². The molecule has 0 bridgehead atoms. The van der Waals surface area contributed by atoms with Crippen molar-refractivity contribution in [3.8, 4) is 5.75 Å². The molecule has 20 heavy (non-hydrogen) atoms. The highest BCUT2D eigenvalue weighted by molar-refractivity contribution is 7.17. The lowest BCUT2D eigenvalue weighted by molar-refractivity contribution is -0.0498. The van der Waals surface area contributed by atoms with Crippen molar-refractivity contribution in [2.24, 2.45) is 0 Å². The Bertz CT molecular complexity index is 614. The van der Waals surface area contributed by atoms with Crippen LogP contribution in [0, 0.1) is 6.92 Å². The van der Waals surface area contributed by atoms with Crippen molar-refractivity contribution < 1.29 is 23.4 Å². The van der Waals surface area contributed by atoms with E-state index in [1.807, 2.05) is 0 Å². The number of nitrogens with one attached hydrogen (secondary N) is 1. The highest BCUT2D eigenvalue weighted by Gasteiger charge is 2.14. The molecule has 0 atom stereocenters. The Kier molecular flexibility index (Phi) is 4.14. The van der Waals surface area contributed by atoms with Crippen LogP contribution in [0.3, 0.4) is 0 Å². The van der Waals surface area contributed by atoms with Gasteiger partial charge in [-0.2, -0.15) is 8.78 Å². The molecule has 0 aliphatic carbocycles. The van der Waals surface area contributed by atoms with E-state index in [-0.39, 0.29) is 10.6 Å². The molecule has 2 rings (SSSR count). The predicted molar refractivity (Wildman–Crippen MR) is 70.2 cm³/mol. The average Bonchev–Trinajstić information content (AvgIpc) is 2.72. The number of rotatable bonds is 5. The Balaban J connectivity index is 2.10. The second-order valence-electron chi connectivity index (χ2n) is 3.77. The molecular formula is C12H10F2N2O3S. The van der Waals surface area contributed by atoms with Crippen molar-refractivity contribution in [3.63, 3.8) is 0 Å². The third-order valence-electron chi connectivity index (χ3n) is 2.32. The van der Waals surface area contributed by atoms with E-state index in [2.05, 4.69) is 15.0 Å². The number of anilines is 2. The number of hydrogen-bond donors (Lipinski definition) is 2. The van der Waals surface area contributed by atoms with Crippen LogP contribution in [0.5, 0.6) is 5.75 Å². The number of thiazole rings is 1. The Morgan fingerprint density at radius 2 is 2.05 bits per heavy atom. The van der Waals surface area contributed by atoms with E-state index in [0.717, 1.165) is 11.3 Å². The minimum absolute atomic E-state index is 0.0482. The van der Waals surface area contributed by atoms with Gasteiger partial charge in [-0.15, -0.1) is 0 Å². The minimum atomic E-state index is -2.87. The van der Waals surface area contributed by atoms with Crippen LogP contribution in [0.25, 0.3) is 0 Å². The SMILES string of the molecule is Cc1nc(Nc2ccc(OC(F)F)cc2)sc1C(=O)O. The van der Waals surface area contributed by atoms with E-state index in [4.69, 9.17) is 5.11 Å². The van der Waals surface area contributed by atoms with Crippen molar-refractivity contribution in [1.82, 2.24) is 4.98 Å². The van der Waals surface area contributed by atoms with E-state index < -0.39 is 12.6 Å². The summed E-state index contributed by atoms with van der Waals surface area (Å²) >= 11 is 1.00. The summed E-state index contributed by atoms with van der Waals surface area (Å²) < 4.78 is 28.2. The first kappa shape index (κ1) is 14.2. The smallest absolute Gasteiger partial charge is 0.387 e. The van der Waals surface area contributed by atoms with Crippen LogP contribution in [0.15, 0.2) is 24.3 Å². The molecule has 0 spiro atoms. The van der Waals surface area contributed by atoms with E-state index >= 15 is 0 Å². The molecule has 0 aliphatic rings. The quantitative estimate of drug-likeness (QED) is 0.884. The molecule has 0 unspecified atom stereocenters. The summed E-state index contributed by atoms with van der Waals surface area (Å²) in [6, 6.07) is 5.84. The average molecular weight is 300 g/mol. The Morgan fingerprint density at radius 3 is 2.55 bits per heavy atom. The fourth-order valence-corrected chi connectivity index (χ4v) is 2.32.